The molecule has 0 aliphatic rings. The van der Waals surface area contributed by atoms with E-state index in [9.17, 15) is 9.59 Å². The van der Waals surface area contributed by atoms with Gasteiger partial charge in [0.25, 0.3) is 5.91 Å². The molecule has 2 atom stereocenters. The summed E-state index contributed by atoms with van der Waals surface area (Å²) in [5.41, 5.74) is 5.69. The number of hydrogen-bond acceptors (Lipinski definition) is 4. The summed E-state index contributed by atoms with van der Waals surface area (Å²) in [6, 6.07) is 2.31. The molecule has 2 amide bonds. The number of primary amides is 1. The summed E-state index contributed by atoms with van der Waals surface area (Å²) < 4.78 is 11.2. The zero-order chi connectivity index (χ0) is 19.0. The quantitative estimate of drug-likeness (QED) is 0.661. The largest absolute Gasteiger partial charge is 0.490 e. The Kier molecular flexibility index (Phi) is 8.55. The minimum absolute atomic E-state index is 0.0737. The van der Waals surface area contributed by atoms with Crippen molar-refractivity contribution >= 4 is 23.4 Å². The molecule has 0 bridgehead atoms. The summed E-state index contributed by atoms with van der Waals surface area (Å²) in [6.07, 6.45) is 1.53. The van der Waals surface area contributed by atoms with Gasteiger partial charge >= 0.3 is 0 Å². The predicted molar refractivity (Wildman–Crippen MR) is 98.3 cm³/mol. The molecule has 1 aromatic carbocycles. The van der Waals surface area contributed by atoms with Crippen LogP contribution >= 0.6 is 11.6 Å². The van der Waals surface area contributed by atoms with Crippen LogP contribution in [0.25, 0.3) is 0 Å². The van der Waals surface area contributed by atoms with Gasteiger partial charge in [0, 0.05) is 5.56 Å². The molecule has 0 aliphatic carbocycles. The lowest BCUT2D eigenvalue weighted by Gasteiger charge is -2.21. The lowest BCUT2D eigenvalue weighted by Crippen LogP contribution is -2.48. The molecule has 140 valence electrons. The molecule has 7 heteroatoms. The molecule has 0 fully saturated rings. The number of carbonyl (C=O) groups is 2. The van der Waals surface area contributed by atoms with E-state index in [1.807, 2.05) is 27.7 Å². The summed E-state index contributed by atoms with van der Waals surface area (Å²) in [7, 11) is 0. The Hall–Kier alpha value is -1.95. The Labute approximate surface area is 154 Å². The Morgan fingerprint density at radius 3 is 2.44 bits per heavy atom. The molecule has 1 aromatic rings. The van der Waals surface area contributed by atoms with Crippen LogP contribution in [0, 0.1) is 5.92 Å². The number of halogens is 1. The zero-order valence-electron chi connectivity index (χ0n) is 15.2. The van der Waals surface area contributed by atoms with Crippen molar-refractivity contribution in [2.24, 2.45) is 11.7 Å². The number of carbonyl (C=O) groups excluding carboxylic acids is 2. The number of nitrogens with two attached hydrogens (primary N) is 1. The van der Waals surface area contributed by atoms with Gasteiger partial charge in [-0.15, -0.1) is 0 Å². The smallest absolute Gasteiger partial charge is 0.252 e. The highest BCUT2D eigenvalue weighted by Crippen LogP contribution is 2.36. The maximum atomic E-state index is 12.5. The van der Waals surface area contributed by atoms with Crippen molar-refractivity contribution in [2.75, 3.05) is 13.2 Å². The second-order valence-corrected chi connectivity index (χ2v) is 6.21. The molecular weight excluding hydrogens is 344 g/mol. The fourth-order valence-electron chi connectivity index (χ4n) is 2.26. The maximum Gasteiger partial charge on any atom is 0.252 e. The lowest BCUT2D eigenvalue weighted by atomic mass is 9.98. The number of benzene rings is 1. The van der Waals surface area contributed by atoms with Crippen LogP contribution in [-0.4, -0.2) is 31.1 Å². The van der Waals surface area contributed by atoms with Gasteiger partial charge in [-0.2, -0.15) is 0 Å². The van der Waals surface area contributed by atoms with E-state index >= 15 is 0 Å². The highest BCUT2D eigenvalue weighted by Gasteiger charge is 2.25. The summed E-state index contributed by atoms with van der Waals surface area (Å²) in [5.74, 6) is -0.269. The molecule has 0 saturated heterocycles. The summed E-state index contributed by atoms with van der Waals surface area (Å²) in [4.78, 5) is 24.2. The van der Waals surface area contributed by atoms with Crippen LogP contribution in [0.1, 0.15) is 50.9 Å². The molecule has 0 radical (unpaired) electrons. The molecule has 0 aliphatic heterocycles. The fourth-order valence-corrected chi connectivity index (χ4v) is 2.53. The molecule has 0 saturated carbocycles. The average molecular weight is 371 g/mol. The van der Waals surface area contributed by atoms with Gasteiger partial charge in [0.1, 0.15) is 6.04 Å². The first-order valence-electron chi connectivity index (χ1n) is 8.54. The topological polar surface area (TPSA) is 90.6 Å². The van der Waals surface area contributed by atoms with Gasteiger partial charge in [-0.3, -0.25) is 9.59 Å². The van der Waals surface area contributed by atoms with Gasteiger partial charge in [0.15, 0.2) is 11.5 Å². The van der Waals surface area contributed by atoms with E-state index in [2.05, 4.69) is 5.32 Å². The zero-order valence-corrected chi connectivity index (χ0v) is 16.0. The monoisotopic (exact) mass is 370 g/mol. The summed E-state index contributed by atoms with van der Waals surface area (Å²) in [5, 5.41) is 2.96. The van der Waals surface area contributed by atoms with Crippen molar-refractivity contribution < 1.29 is 19.1 Å². The Balaban J connectivity index is 3.11. The molecule has 0 heterocycles. The minimum Gasteiger partial charge on any atom is -0.490 e. The first kappa shape index (κ1) is 21.1. The highest BCUT2D eigenvalue weighted by atomic mass is 35.5. The van der Waals surface area contributed by atoms with E-state index in [1.165, 1.54) is 6.07 Å². The van der Waals surface area contributed by atoms with Crippen molar-refractivity contribution in [3.63, 3.8) is 0 Å². The number of amides is 2. The number of hydrogen-bond donors (Lipinski definition) is 2. The molecule has 0 spiro atoms. The molecule has 2 unspecified atom stereocenters. The number of nitrogens with one attached hydrogen (secondary N) is 1. The van der Waals surface area contributed by atoms with Crippen LogP contribution in [0.2, 0.25) is 5.02 Å². The van der Waals surface area contributed by atoms with E-state index in [-0.39, 0.29) is 16.5 Å². The van der Waals surface area contributed by atoms with Gasteiger partial charge < -0.3 is 20.5 Å². The maximum absolute atomic E-state index is 12.5. The third-order valence-electron chi connectivity index (χ3n) is 3.83. The van der Waals surface area contributed by atoms with Crippen LogP contribution < -0.4 is 20.5 Å². The SMILES string of the molecule is CCCOc1c(Cl)cc(C(=O)NC(C(N)=O)C(C)CC)cc1OCC. The summed E-state index contributed by atoms with van der Waals surface area (Å²) >= 11 is 6.26. The normalized spacial score (nSPS) is 13.0. The predicted octanol–water partition coefficient (Wildman–Crippen LogP) is 3.16. The van der Waals surface area contributed by atoms with Crippen molar-refractivity contribution in [1.29, 1.82) is 0 Å². The van der Waals surface area contributed by atoms with Crippen molar-refractivity contribution in [3.05, 3.63) is 22.7 Å². The van der Waals surface area contributed by atoms with Crippen LogP contribution in [0.15, 0.2) is 12.1 Å². The molecule has 3 N–H and O–H groups in total. The Bertz CT molecular complexity index is 607. The highest BCUT2D eigenvalue weighted by molar-refractivity contribution is 6.32. The van der Waals surface area contributed by atoms with E-state index in [4.69, 9.17) is 26.8 Å². The standard InChI is InChI=1S/C18H27ClN2O4/c1-5-8-25-16-13(19)9-12(10-14(16)24-7-3)18(23)21-15(17(20)22)11(4)6-2/h9-11,15H,5-8H2,1-4H3,(H2,20,22)(H,21,23). The fraction of sp³-hybridized carbons (Fsp3) is 0.556. The lowest BCUT2D eigenvalue weighted by molar-refractivity contribution is -0.120. The molecular formula is C18H27ClN2O4. The van der Waals surface area contributed by atoms with E-state index in [1.54, 1.807) is 6.07 Å². The number of ether oxygens (including phenoxy) is 2. The van der Waals surface area contributed by atoms with Crippen LogP contribution in [0.5, 0.6) is 11.5 Å². The Morgan fingerprint density at radius 2 is 1.92 bits per heavy atom. The van der Waals surface area contributed by atoms with Gasteiger partial charge in [0.05, 0.1) is 18.2 Å². The minimum atomic E-state index is -0.747. The van der Waals surface area contributed by atoms with E-state index in [0.717, 1.165) is 6.42 Å². The van der Waals surface area contributed by atoms with Crippen molar-refractivity contribution in [2.45, 2.75) is 46.6 Å². The van der Waals surface area contributed by atoms with Gasteiger partial charge in [-0.25, -0.2) is 0 Å². The second-order valence-electron chi connectivity index (χ2n) is 5.81. The van der Waals surface area contributed by atoms with Crippen molar-refractivity contribution in [1.82, 2.24) is 5.32 Å². The summed E-state index contributed by atoms with van der Waals surface area (Å²) in [6.45, 7) is 8.49. The average Bonchev–Trinajstić information content (AvgIpc) is 2.57. The van der Waals surface area contributed by atoms with Gasteiger partial charge in [-0.05, 0) is 31.4 Å². The van der Waals surface area contributed by atoms with Gasteiger partial charge in [0.2, 0.25) is 5.91 Å². The first-order valence-corrected chi connectivity index (χ1v) is 8.92. The van der Waals surface area contributed by atoms with Crippen LogP contribution in [0.3, 0.4) is 0 Å². The van der Waals surface area contributed by atoms with E-state index in [0.29, 0.717) is 31.1 Å². The van der Waals surface area contributed by atoms with Gasteiger partial charge in [-0.1, -0.05) is 38.8 Å². The molecule has 0 aromatic heterocycles. The Morgan fingerprint density at radius 1 is 1.24 bits per heavy atom. The molecule has 25 heavy (non-hydrogen) atoms. The van der Waals surface area contributed by atoms with E-state index < -0.39 is 17.9 Å². The second kappa shape index (κ2) is 10.1. The third-order valence-corrected chi connectivity index (χ3v) is 4.11. The molecule has 1 rings (SSSR count). The third kappa shape index (κ3) is 5.81. The number of rotatable bonds is 10. The first-order chi connectivity index (χ1) is 11.8. The van der Waals surface area contributed by atoms with Crippen LogP contribution in [-0.2, 0) is 4.79 Å². The van der Waals surface area contributed by atoms with Crippen LogP contribution in [0.4, 0.5) is 0 Å². The van der Waals surface area contributed by atoms with Crippen molar-refractivity contribution in [3.8, 4) is 11.5 Å². The molecule has 6 nitrogen and oxygen atoms in total.